The first-order chi connectivity index (χ1) is 10.5. The summed E-state index contributed by atoms with van der Waals surface area (Å²) < 4.78 is 2.33. The summed E-state index contributed by atoms with van der Waals surface area (Å²) in [5, 5.41) is 9.96. The van der Waals surface area contributed by atoms with Gasteiger partial charge in [0.05, 0.1) is 12.6 Å². The normalized spacial score (nSPS) is 24.5. The Morgan fingerprint density at radius 2 is 2.05 bits per heavy atom. The molecule has 2 aliphatic rings. The molecule has 1 saturated carbocycles. The molecular weight excluding hydrogens is 276 g/mol. The Hall–Kier alpha value is -1.13. The van der Waals surface area contributed by atoms with Crippen molar-refractivity contribution >= 4 is 5.78 Å². The van der Waals surface area contributed by atoms with Gasteiger partial charge >= 0.3 is 0 Å². The van der Waals surface area contributed by atoms with Crippen LogP contribution in [0.2, 0.25) is 0 Å². The van der Waals surface area contributed by atoms with Gasteiger partial charge in [0, 0.05) is 29.0 Å². The highest BCUT2D eigenvalue weighted by Crippen LogP contribution is 2.38. The molecule has 0 amide bonds. The summed E-state index contributed by atoms with van der Waals surface area (Å²) >= 11 is 0. The zero-order valence-electron chi connectivity index (χ0n) is 14.0. The number of nitrogens with zero attached hydrogens (tertiary/aromatic N) is 2. The van der Waals surface area contributed by atoms with E-state index in [2.05, 4.69) is 29.4 Å². The molecule has 1 N–H and O–H groups in total. The molecule has 122 valence electrons. The maximum atomic E-state index is 12.8. The first kappa shape index (κ1) is 15.8. The molecule has 2 fully saturated rings. The quantitative estimate of drug-likeness (QED) is 0.851. The molecule has 1 aromatic rings. The maximum absolute atomic E-state index is 12.8. The fourth-order valence-electron chi connectivity index (χ4n) is 3.98. The molecule has 1 aromatic heterocycles. The molecule has 0 aromatic carbocycles. The maximum Gasteiger partial charge on any atom is 0.178 e. The van der Waals surface area contributed by atoms with Crippen LogP contribution in [0.3, 0.4) is 0 Å². The summed E-state index contributed by atoms with van der Waals surface area (Å²) in [5.74, 6) is 0.201. The Morgan fingerprint density at radius 1 is 1.32 bits per heavy atom. The number of carbonyl (C=O) groups excluding carboxylic acids is 1. The Balaban J connectivity index is 1.75. The number of ketones is 1. The molecule has 2 unspecified atom stereocenters. The van der Waals surface area contributed by atoms with Gasteiger partial charge in [0.15, 0.2) is 5.78 Å². The monoisotopic (exact) mass is 304 g/mol. The Kier molecular flexibility index (Phi) is 4.42. The van der Waals surface area contributed by atoms with Crippen LogP contribution >= 0.6 is 0 Å². The molecule has 4 nitrogen and oxygen atoms in total. The minimum atomic E-state index is -0.369. The van der Waals surface area contributed by atoms with Gasteiger partial charge in [-0.3, -0.25) is 9.69 Å². The SMILES string of the molecule is Cc1cc(C(=O)CN2CCCCC2C(C)O)c(C)n1C1CC1. The molecule has 4 heteroatoms. The van der Waals surface area contributed by atoms with Crippen molar-refractivity contribution in [3.63, 3.8) is 0 Å². The van der Waals surface area contributed by atoms with Crippen molar-refractivity contribution in [2.75, 3.05) is 13.1 Å². The molecule has 22 heavy (non-hydrogen) atoms. The van der Waals surface area contributed by atoms with Gasteiger partial charge in [-0.1, -0.05) is 6.42 Å². The number of hydrogen-bond donors (Lipinski definition) is 1. The summed E-state index contributed by atoms with van der Waals surface area (Å²) in [5.41, 5.74) is 3.20. The third-order valence-corrected chi connectivity index (χ3v) is 5.26. The van der Waals surface area contributed by atoms with Gasteiger partial charge in [-0.05, 0) is 59.1 Å². The number of carbonyl (C=O) groups is 1. The van der Waals surface area contributed by atoms with Crippen molar-refractivity contribution in [3.05, 3.63) is 23.0 Å². The van der Waals surface area contributed by atoms with Crippen molar-refractivity contribution < 1.29 is 9.90 Å². The average molecular weight is 304 g/mol. The van der Waals surface area contributed by atoms with Crippen LogP contribution in [0.15, 0.2) is 6.07 Å². The van der Waals surface area contributed by atoms with Crippen molar-refractivity contribution in [1.82, 2.24) is 9.47 Å². The van der Waals surface area contributed by atoms with Gasteiger partial charge in [-0.2, -0.15) is 0 Å². The Morgan fingerprint density at radius 3 is 2.68 bits per heavy atom. The number of piperidine rings is 1. The zero-order valence-corrected chi connectivity index (χ0v) is 14.0. The lowest BCUT2D eigenvalue weighted by atomic mass is 9.97. The second-order valence-corrected chi connectivity index (χ2v) is 7.08. The van der Waals surface area contributed by atoms with Crippen LogP contribution in [-0.2, 0) is 0 Å². The van der Waals surface area contributed by atoms with Crippen LogP contribution in [0, 0.1) is 13.8 Å². The lowest BCUT2D eigenvalue weighted by Gasteiger charge is -2.36. The summed E-state index contributed by atoms with van der Waals surface area (Å²) in [6.45, 7) is 7.36. The molecule has 1 saturated heterocycles. The number of hydrogen-bond acceptors (Lipinski definition) is 3. The van der Waals surface area contributed by atoms with E-state index in [9.17, 15) is 9.90 Å². The first-order valence-corrected chi connectivity index (χ1v) is 8.62. The number of aliphatic hydroxyl groups is 1. The van der Waals surface area contributed by atoms with E-state index in [0.717, 1.165) is 37.1 Å². The molecule has 1 aliphatic heterocycles. The number of aryl methyl sites for hydroxylation is 1. The Bertz CT molecular complexity index is 558. The van der Waals surface area contributed by atoms with Crippen LogP contribution in [0.1, 0.15) is 66.8 Å². The lowest BCUT2D eigenvalue weighted by molar-refractivity contribution is 0.0357. The van der Waals surface area contributed by atoms with E-state index in [-0.39, 0.29) is 17.9 Å². The lowest BCUT2D eigenvalue weighted by Crippen LogP contribution is -2.47. The van der Waals surface area contributed by atoms with Gasteiger partial charge in [0.2, 0.25) is 0 Å². The largest absolute Gasteiger partial charge is 0.392 e. The third-order valence-electron chi connectivity index (χ3n) is 5.26. The molecule has 0 spiro atoms. The zero-order chi connectivity index (χ0) is 15.9. The van der Waals surface area contributed by atoms with E-state index in [4.69, 9.17) is 0 Å². The second kappa shape index (κ2) is 6.17. The smallest absolute Gasteiger partial charge is 0.178 e. The van der Waals surface area contributed by atoms with E-state index in [1.807, 2.05) is 6.92 Å². The Labute approximate surface area is 133 Å². The van der Waals surface area contributed by atoms with E-state index < -0.39 is 0 Å². The fraction of sp³-hybridized carbons (Fsp3) is 0.722. The number of Topliss-reactive ketones (excluding diaryl/α,β-unsaturated/α-hetero) is 1. The third kappa shape index (κ3) is 2.99. The summed E-state index contributed by atoms with van der Waals surface area (Å²) in [7, 11) is 0. The standard InChI is InChI=1S/C18H28N2O2/c1-12-10-16(13(2)20(12)15-7-8-15)18(22)11-19-9-5-4-6-17(19)14(3)21/h10,14-15,17,21H,4-9,11H2,1-3H3. The number of likely N-dealkylation sites (tertiary alicyclic amines) is 1. The molecule has 0 radical (unpaired) electrons. The summed E-state index contributed by atoms with van der Waals surface area (Å²) in [6.07, 6.45) is 5.37. The highest BCUT2D eigenvalue weighted by Gasteiger charge is 2.31. The fourth-order valence-corrected chi connectivity index (χ4v) is 3.98. The van der Waals surface area contributed by atoms with Crippen LogP contribution in [-0.4, -0.2) is 45.6 Å². The van der Waals surface area contributed by atoms with Crippen molar-refractivity contribution in [3.8, 4) is 0 Å². The predicted octanol–water partition coefficient (Wildman–Crippen LogP) is 2.86. The number of aliphatic hydroxyl groups excluding tert-OH is 1. The van der Waals surface area contributed by atoms with Gasteiger partial charge in [0.25, 0.3) is 0 Å². The van der Waals surface area contributed by atoms with Crippen molar-refractivity contribution in [2.45, 2.75) is 71.1 Å². The number of aromatic nitrogens is 1. The molecule has 2 atom stereocenters. The molecular formula is C18H28N2O2. The van der Waals surface area contributed by atoms with Crippen molar-refractivity contribution in [2.24, 2.45) is 0 Å². The topological polar surface area (TPSA) is 45.5 Å². The van der Waals surface area contributed by atoms with E-state index >= 15 is 0 Å². The highest BCUT2D eigenvalue weighted by molar-refractivity contribution is 5.99. The van der Waals surface area contributed by atoms with Crippen LogP contribution in [0.5, 0.6) is 0 Å². The van der Waals surface area contributed by atoms with Crippen molar-refractivity contribution in [1.29, 1.82) is 0 Å². The summed E-state index contributed by atoms with van der Waals surface area (Å²) in [4.78, 5) is 15.0. The van der Waals surface area contributed by atoms with Gasteiger partial charge in [-0.15, -0.1) is 0 Å². The molecule has 3 rings (SSSR count). The highest BCUT2D eigenvalue weighted by atomic mass is 16.3. The second-order valence-electron chi connectivity index (χ2n) is 7.08. The predicted molar refractivity (Wildman–Crippen MR) is 87.4 cm³/mol. The summed E-state index contributed by atoms with van der Waals surface area (Å²) in [6, 6.07) is 2.79. The van der Waals surface area contributed by atoms with Crippen LogP contribution < -0.4 is 0 Å². The average Bonchev–Trinajstić information content (AvgIpc) is 3.25. The van der Waals surface area contributed by atoms with Gasteiger partial charge < -0.3 is 9.67 Å². The van der Waals surface area contributed by atoms with Crippen LogP contribution in [0.25, 0.3) is 0 Å². The van der Waals surface area contributed by atoms with E-state index in [0.29, 0.717) is 12.6 Å². The van der Waals surface area contributed by atoms with Gasteiger partial charge in [-0.25, -0.2) is 0 Å². The van der Waals surface area contributed by atoms with Crippen LogP contribution in [0.4, 0.5) is 0 Å². The molecule has 0 bridgehead atoms. The van der Waals surface area contributed by atoms with E-state index in [1.54, 1.807) is 0 Å². The minimum absolute atomic E-state index is 0.129. The first-order valence-electron chi connectivity index (χ1n) is 8.62. The molecule has 1 aliphatic carbocycles. The number of rotatable bonds is 5. The van der Waals surface area contributed by atoms with Gasteiger partial charge in [0.1, 0.15) is 0 Å². The minimum Gasteiger partial charge on any atom is -0.392 e. The van der Waals surface area contributed by atoms with E-state index in [1.165, 1.54) is 18.5 Å². The molecule has 2 heterocycles.